The van der Waals surface area contributed by atoms with Crippen molar-refractivity contribution < 1.29 is 5.11 Å². The SMILES string of the molecule is CC(O)c1c(N)cc(Cl)cc1N. The van der Waals surface area contributed by atoms with E-state index in [2.05, 4.69) is 0 Å². The number of hydrogen-bond acceptors (Lipinski definition) is 3. The lowest BCUT2D eigenvalue weighted by Gasteiger charge is -2.11. The van der Waals surface area contributed by atoms with Gasteiger partial charge in [-0.2, -0.15) is 0 Å². The standard InChI is InChI=1S/C8H11ClN2O/c1-4(12)8-6(10)2-5(9)3-7(8)11/h2-4,12H,10-11H2,1H3. The van der Waals surface area contributed by atoms with Crippen LogP contribution in [0.4, 0.5) is 11.4 Å². The van der Waals surface area contributed by atoms with Gasteiger partial charge in [-0.25, -0.2) is 0 Å². The molecule has 0 radical (unpaired) electrons. The third-order valence-corrected chi connectivity index (χ3v) is 1.84. The second kappa shape index (κ2) is 3.21. The molecule has 0 bridgehead atoms. The van der Waals surface area contributed by atoms with E-state index in [0.717, 1.165) is 0 Å². The molecule has 0 aliphatic rings. The fourth-order valence-electron chi connectivity index (χ4n) is 1.14. The molecule has 1 aromatic rings. The van der Waals surface area contributed by atoms with Crippen LogP contribution >= 0.6 is 11.6 Å². The Kier molecular flexibility index (Phi) is 2.45. The molecule has 1 rings (SSSR count). The first-order chi connectivity index (χ1) is 5.52. The van der Waals surface area contributed by atoms with Crippen LogP contribution in [0.3, 0.4) is 0 Å². The number of halogens is 1. The quantitative estimate of drug-likeness (QED) is 0.583. The van der Waals surface area contributed by atoms with Crippen molar-refractivity contribution in [3.05, 3.63) is 22.7 Å². The molecule has 1 unspecified atom stereocenters. The van der Waals surface area contributed by atoms with Gasteiger partial charge >= 0.3 is 0 Å². The molecule has 0 saturated carbocycles. The molecule has 0 aromatic heterocycles. The van der Waals surface area contributed by atoms with E-state index in [9.17, 15) is 5.11 Å². The molecule has 0 saturated heterocycles. The van der Waals surface area contributed by atoms with Crippen LogP contribution in [0.2, 0.25) is 5.02 Å². The molecular weight excluding hydrogens is 176 g/mol. The Labute approximate surface area is 75.9 Å². The number of benzene rings is 1. The predicted octanol–water partition coefficient (Wildman–Crippen LogP) is 1.56. The Balaban J connectivity index is 3.28. The summed E-state index contributed by atoms with van der Waals surface area (Å²) >= 11 is 5.69. The maximum absolute atomic E-state index is 9.27. The Bertz CT molecular complexity index is 276. The maximum Gasteiger partial charge on any atom is 0.0802 e. The van der Waals surface area contributed by atoms with Crippen LogP contribution in [0.25, 0.3) is 0 Å². The van der Waals surface area contributed by atoms with E-state index in [1.807, 2.05) is 0 Å². The van der Waals surface area contributed by atoms with Crippen LogP contribution in [0.15, 0.2) is 12.1 Å². The van der Waals surface area contributed by atoms with E-state index in [1.165, 1.54) is 0 Å². The zero-order valence-electron chi connectivity index (χ0n) is 6.71. The normalized spacial score (nSPS) is 12.9. The summed E-state index contributed by atoms with van der Waals surface area (Å²) < 4.78 is 0. The van der Waals surface area contributed by atoms with Gasteiger partial charge in [-0.15, -0.1) is 0 Å². The average molecular weight is 187 g/mol. The highest BCUT2D eigenvalue weighted by molar-refractivity contribution is 6.31. The molecule has 0 aliphatic heterocycles. The zero-order chi connectivity index (χ0) is 9.30. The topological polar surface area (TPSA) is 72.3 Å². The average Bonchev–Trinajstić information content (AvgIpc) is 1.82. The molecule has 0 amide bonds. The molecule has 0 heterocycles. The number of anilines is 2. The number of nitrogen functional groups attached to an aromatic ring is 2. The smallest absolute Gasteiger partial charge is 0.0802 e. The van der Waals surface area contributed by atoms with Crippen LogP contribution in [0, 0.1) is 0 Å². The molecule has 0 aliphatic carbocycles. The molecule has 66 valence electrons. The summed E-state index contributed by atoms with van der Waals surface area (Å²) in [6, 6.07) is 3.14. The van der Waals surface area contributed by atoms with Crippen molar-refractivity contribution in [2.75, 3.05) is 11.5 Å². The summed E-state index contributed by atoms with van der Waals surface area (Å²) in [4.78, 5) is 0. The van der Waals surface area contributed by atoms with E-state index < -0.39 is 6.10 Å². The van der Waals surface area contributed by atoms with E-state index in [1.54, 1.807) is 19.1 Å². The third-order valence-electron chi connectivity index (χ3n) is 1.63. The van der Waals surface area contributed by atoms with Gasteiger partial charge in [-0.05, 0) is 19.1 Å². The molecule has 1 atom stereocenters. The van der Waals surface area contributed by atoms with Gasteiger partial charge in [-0.3, -0.25) is 0 Å². The summed E-state index contributed by atoms with van der Waals surface area (Å²) in [7, 11) is 0. The van der Waals surface area contributed by atoms with Gasteiger partial charge in [0.2, 0.25) is 0 Å². The van der Waals surface area contributed by atoms with Gasteiger partial charge in [0.15, 0.2) is 0 Å². The largest absolute Gasteiger partial charge is 0.398 e. The summed E-state index contributed by atoms with van der Waals surface area (Å²) in [5, 5.41) is 9.75. The van der Waals surface area contributed by atoms with Crippen molar-refractivity contribution in [3.8, 4) is 0 Å². The fourth-order valence-corrected chi connectivity index (χ4v) is 1.38. The Morgan fingerprint density at radius 3 is 2.08 bits per heavy atom. The van der Waals surface area contributed by atoms with Crippen LogP contribution in [-0.4, -0.2) is 5.11 Å². The lowest BCUT2D eigenvalue weighted by molar-refractivity contribution is 0.201. The molecule has 5 N–H and O–H groups in total. The zero-order valence-corrected chi connectivity index (χ0v) is 7.47. The van der Waals surface area contributed by atoms with Gasteiger partial charge in [0.1, 0.15) is 0 Å². The predicted molar refractivity (Wildman–Crippen MR) is 50.9 cm³/mol. The highest BCUT2D eigenvalue weighted by Crippen LogP contribution is 2.29. The second-order valence-corrected chi connectivity index (χ2v) is 3.11. The molecule has 4 heteroatoms. The summed E-state index contributed by atoms with van der Waals surface area (Å²) in [5.41, 5.74) is 12.6. The van der Waals surface area contributed by atoms with Crippen LogP contribution in [-0.2, 0) is 0 Å². The first-order valence-electron chi connectivity index (χ1n) is 3.55. The maximum atomic E-state index is 9.27. The van der Waals surface area contributed by atoms with Gasteiger partial charge < -0.3 is 16.6 Å². The molecule has 3 nitrogen and oxygen atoms in total. The first-order valence-corrected chi connectivity index (χ1v) is 3.92. The molecule has 0 spiro atoms. The first kappa shape index (κ1) is 9.16. The van der Waals surface area contributed by atoms with Gasteiger partial charge in [0, 0.05) is 22.0 Å². The minimum atomic E-state index is -0.665. The monoisotopic (exact) mass is 186 g/mol. The van der Waals surface area contributed by atoms with E-state index >= 15 is 0 Å². The number of aliphatic hydroxyl groups excluding tert-OH is 1. The number of rotatable bonds is 1. The van der Waals surface area contributed by atoms with E-state index in [4.69, 9.17) is 23.1 Å². The van der Waals surface area contributed by atoms with E-state index in [-0.39, 0.29) is 0 Å². The lowest BCUT2D eigenvalue weighted by atomic mass is 10.1. The van der Waals surface area contributed by atoms with Crippen LogP contribution in [0.1, 0.15) is 18.6 Å². The van der Waals surface area contributed by atoms with Crippen molar-refractivity contribution in [1.29, 1.82) is 0 Å². The van der Waals surface area contributed by atoms with E-state index in [0.29, 0.717) is 22.0 Å². The highest BCUT2D eigenvalue weighted by atomic mass is 35.5. The van der Waals surface area contributed by atoms with Crippen molar-refractivity contribution in [2.24, 2.45) is 0 Å². The summed E-state index contributed by atoms with van der Waals surface area (Å²) in [6.45, 7) is 1.61. The Morgan fingerprint density at radius 2 is 1.75 bits per heavy atom. The highest BCUT2D eigenvalue weighted by Gasteiger charge is 2.10. The van der Waals surface area contributed by atoms with Gasteiger partial charge in [-0.1, -0.05) is 11.6 Å². The van der Waals surface area contributed by atoms with Crippen LogP contribution < -0.4 is 11.5 Å². The molecule has 0 fully saturated rings. The third kappa shape index (κ3) is 1.62. The minimum absolute atomic E-state index is 0.426. The lowest BCUT2D eigenvalue weighted by Crippen LogP contribution is -2.03. The molecule has 1 aromatic carbocycles. The van der Waals surface area contributed by atoms with Crippen molar-refractivity contribution in [1.82, 2.24) is 0 Å². The summed E-state index contributed by atoms with van der Waals surface area (Å²) in [6.07, 6.45) is -0.665. The van der Waals surface area contributed by atoms with Crippen LogP contribution in [0.5, 0.6) is 0 Å². The number of hydrogen-bond donors (Lipinski definition) is 3. The van der Waals surface area contributed by atoms with Crippen molar-refractivity contribution >= 4 is 23.0 Å². The number of nitrogens with two attached hydrogens (primary N) is 2. The second-order valence-electron chi connectivity index (χ2n) is 2.67. The fraction of sp³-hybridized carbons (Fsp3) is 0.250. The minimum Gasteiger partial charge on any atom is -0.398 e. The van der Waals surface area contributed by atoms with Gasteiger partial charge in [0.25, 0.3) is 0 Å². The molecular formula is C8H11ClN2O. The number of aliphatic hydroxyl groups is 1. The molecule has 12 heavy (non-hydrogen) atoms. The summed E-state index contributed by atoms with van der Waals surface area (Å²) in [5.74, 6) is 0. The van der Waals surface area contributed by atoms with Crippen molar-refractivity contribution in [3.63, 3.8) is 0 Å². The van der Waals surface area contributed by atoms with Crippen molar-refractivity contribution in [2.45, 2.75) is 13.0 Å². The van der Waals surface area contributed by atoms with Gasteiger partial charge in [0.05, 0.1) is 6.10 Å². The Hall–Kier alpha value is -0.930. The Morgan fingerprint density at radius 1 is 1.33 bits per heavy atom.